The fraction of sp³-hybridized carbons (Fsp3) is 0.214. The number of carbonyl (C=O) groups excluding carboxylic acids is 1. The van der Waals surface area contributed by atoms with E-state index in [-0.39, 0.29) is 18.8 Å². The molecule has 0 bridgehead atoms. The lowest BCUT2D eigenvalue weighted by Crippen LogP contribution is -2.13. The van der Waals surface area contributed by atoms with Crippen molar-refractivity contribution in [3.05, 3.63) is 53.5 Å². The summed E-state index contributed by atoms with van der Waals surface area (Å²) in [5, 5.41) is 0.961. The zero-order valence-corrected chi connectivity index (χ0v) is 11.9. The molecule has 0 heterocycles. The Morgan fingerprint density at radius 2 is 1.90 bits per heavy atom. The maximum absolute atomic E-state index is 11.5. The summed E-state index contributed by atoms with van der Waals surface area (Å²) >= 11 is 0. The highest BCUT2D eigenvalue weighted by atomic mass is 32.2. The van der Waals surface area contributed by atoms with E-state index >= 15 is 0 Å². The van der Waals surface area contributed by atoms with Crippen LogP contribution in [0.1, 0.15) is 12.5 Å². The van der Waals surface area contributed by atoms with E-state index in [1.807, 2.05) is 6.07 Å². The second kappa shape index (κ2) is 7.62. The molecule has 5 nitrogen and oxygen atoms in total. The van der Waals surface area contributed by atoms with Gasteiger partial charge in [0, 0.05) is 5.57 Å². The van der Waals surface area contributed by atoms with Gasteiger partial charge in [-0.3, -0.25) is 4.18 Å². The Morgan fingerprint density at radius 1 is 1.25 bits per heavy atom. The van der Waals surface area contributed by atoms with E-state index in [1.54, 1.807) is 24.3 Å². The predicted octanol–water partition coefficient (Wildman–Crippen LogP) is 2.12. The van der Waals surface area contributed by atoms with Gasteiger partial charge in [0.25, 0.3) is 10.1 Å². The summed E-state index contributed by atoms with van der Waals surface area (Å²) in [7, 11) is -3.79. The summed E-state index contributed by atoms with van der Waals surface area (Å²) in [5.74, 6) is -0.578. The maximum atomic E-state index is 11.5. The molecular weight excluding hydrogens is 280 g/mol. The van der Waals surface area contributed by atoms with Gasteiger partial charge in [0.15, 0.2) is 0 Å². The Morgan fingerprint density at radius 3 is 2.50 bits per heavy atom. The van der Waals surface area contributed by atoms with Gasteiger partial charge in [0.05, 0.1) is 5.41 Å². The van der Waals surface area contributed by atoms with Crippen LogP contribution in [0.2, 0.25) is 0 Å². The number of ether oxygens (including phenoxy) is 1. The first-order valence-corrected chi connectivity index (χ1v) is 7.33. The van der Waals surface area contributed by atoms with E-state index in [0.717, 1.165) is 11.0 Å². The Labute approximate surface area is 118 Å². The van der Waals surface area contributed by atoms with E-state index < -0.39 is 16.1 Å². The normalized spacial score (nSPS) is 11.4. The molecule has 0 aliphatic rings. The van der Waals surface area contributed by atoms with E-state index in [2.05, 4.69) is 10.8 Å². The highest BCUT2D eigenvalue weighted by Gasteiger charge is 2.07. The Bertz CT molecular complexity index is 587. The molecule has 0 atom stereocenters. The molecule has 1 aromatic carbocycles. The summed E-state index contributed by atoms with van der Waals surface area (Å²) < 4.78 is 32.4. The zero-order valence-electron chi connectivity index (χ0n) is 11.1. The smallest absolute Gasteiger partial charge is 0.333 e. The van der Waals surface area contributed by atoms with Crippen LogP contribution in [0.4, 0.5) is 0 Å². The van der Waals surface area contributed by atoms with Gasteiger partial charge in [-0.05, 0) is 18.6 Å². The lowest BCUT2D eigenvalue weighted by molar-refractivity contribution is -0.139. The van der Waals surface area contributed by atoms with Crippen LogP contribution in [0.3, 0.4) is 0 Å². The molecule has 0 saturated heterocycles. The third-order valence-electron chi connectivity index (χ3n) is 2.14. The number of hydrogen-bond donors (Lipinski definition) is 0. The molecule has 0 spiro atoms. The molecule has 0 unspecified atom stereocenters. The SMILES string of the molecule is C=C(C)C(=O)OCCOS(=O)(=O)C=Cc1ccccc1. The van der Waals surface area contributed by atoms with E-state index in [9.17, 15) is 13.2 Å². The minimum absolute atomic E-state index is 0.149. The van der Waals surface area contributed by atoms with Gasteiger partial charge >= 0.3 is 5.97 Å². The summed E-state index contributed by atoms with van der Waals surface area (Å²) in [6.45, 7) is 4.52. The van der Waals surface area contributed by atoms with Crippen molar-refractivity contribution >= 4 is 22.2 Å². The van der Waals surface area contributed by atoms with Crippen molar-refractivity contribution < 1.29 is 22.1 Å². The third kappa shape index (κ3) is 6.31. The molecule has 0 aliphatic heterocycles. The molecular formula is C14H16O5S. The number of benzene rings is 1. The van der Waals surface area contributed by atoms with Crippen LogP contribution in [0, 0.1) is 0 Å². The Hall–Kier alpha value is -1.92. The van der Waals surface area contributed by atoms with Crippen molar-refractivity contribution in [3.8, 4) is 0 Å². The molecule has 108 valence electrons. The highest BCUT2D eigenvalue weighted by Crippen LogP contribution is 2.04. The van der Waals surface area contributed by atoms with Crippen LogP contribution in [0.5, 0.6) is 0 Å². The number of hydrogen-bond acceptors (Lipinski definition) is 5. The van der Waals surface area contributed by atoms with Crippen LogP contribution in [-0.4, -0.2) is 27.6 Å². The first-order valence-electron chi connectivity index (χ1n) is 5.86. The second-order valence-corrected chi connectivity index (χ2v) is 5.44. The molecule has 0 N–H and O–H groups in total. The van der Waals surface area contributed by atoms with Crippen LogP contribution in [-0.2, 0) is 23.8 Å². The van der Waals surface area contributed by atoms with E-state index in [4.69, 9.17) is 4.74 Å². The van der Waals surface area contributed by atoms with Gasteiger partial charge in [-0.2, -0.15) is 8.42 Å². The van der Waals surface area contributed by atoms with Gasteiger partial charge in [-0.1, -0.05) is 36.9 Å². The molecule has 0 saturated carbocycles. The van der Waals surface area contributed by atoms with Crippen molar-refractivity contribution in [3.63, 3.8) is 0 Å². The average Bonchev–Trinajstić information content (AvgIpc) is 2.42. The quantitative estimate of drug-likeness (QED) is 0.333. The fourth-order valence-corrected chi connectivity index (χ4v) is 1.88. The first kappa shape index (κ1) is 16.1. The van der Waals surface area contributed by atoms with Crippen LogP contribution in [0.15, 0.2) is 47.9 Å². The highest BCUT2D eigenvalue weighted by molar-refractivity contribution is 7.89. The molecule has 0 radical (unpaired) electrons. The molecule has 6 heteroatoms. The zero-order chi connectivity index (χ0) is 15.0. The van der Waals surface area contributed by atoms with Crippen molar-refractivity contribution in [2.24, 2.45) is 0 Å². The van der Waals surface area contributed by atoms with E-state index in [1.165, 1.54) is 13.0 Å². The standard InChI is InChI=1S/C14H16O5S/c1-12(2)14(15)18-9-10-19-20(16,17)11-8-13-6-4-3-5-7-13/h3-8,11H,1,9-10H2,2H3. The van der Waals surface area contributed by atoms with Crippen molar-refractivity contribution in [1.82, 2.24) is 0 Å². The van der Waals surface area contributed by atoms with Crippen LogP contribution >= 0.6 is 0 Å². The van der Waals surface area contributed by atoms with Crippen molar-refractivity contribution in [2.75, 3.05) is 13.2 Å². The van der Waals surface area contributed by atoms with Gasteiger partial charge in [0.1, 0.15) is 13.2 Å². The van der Waals surface area contributed by atoms with Gasteiger partial charge in [-0.25, -0.2) is 4.79 Å². The van der Waals surface area contributed by atoms with Gasteiger partial charge < -0.3 is 4.74 Å². The third-order valence-corrected chi connectivity index (χ3v) is 3.10. The summed E-state index contributed by atoms with van der Waals surface area (Å²) in [4.78, 5) is 11.0. The van der Waals surface area contributed by atoms with Gasteiger partial charge in [-0.15, -0.1) is 0 Å². The minimum Gasteiger partial charge on any atom is -0.460 e. The molecule has 0 aliphatic carbocycles. The van der Waals surface area contributed by atoms with Crippen LogP contribution in [0.25, 0.3) is 6.08 Å². The largest absolute Gasteiger partial charge is 0.460 e. The number of rotatable bonds is 7. The average molecular weight is 296 g/mol. The summed E-state index contributed by atoms with van der Waals surface area (Å²) in [6.07, 6.45) is 1.43. The lowest BCUT2D eigenvalue weighted by atomic mass is 10.2. The molecule has 0 fully saturated rings. The Balaban J connectivity index is 2.41. The summed E-state index contributed by atoms with van der Waals surface area (Å²) in [5.41, 5.74) is 0.991. The monoisotopic (exact) mass is 296 g/mol. The first-order chi connectivity index (χ1) is 9.41. The fourth-order valence-electron chi connectivity index (χ4n) is 1.17. The van der Waals surface area contributed by atoms with E-state index in [0.29, 0.717) is 0 Å². The lowest BCUT2D eigenvalue weighted by Gasteiger charge is -2.04. The van der Waals surface area contributed by atoms with Crippen molar-refractivity contribution in [1.29, 1.82) is 0 Å². The van der Waals surface area contributed by atoms with Gasteiger partial charge in [0.2, 0.25) is 0 Å². The molecule has 0 aromatic heterocycles. The predicted molar refractivity (Wildman–Crippen MR) is 76.1 cm³/mol. The molecule has 20 heavy (non-hydrogen) atoms. The Kier molecular flexibility index (Phi) is 6.14. The number of esters is 1. The van der Waals surface area contributed by atoms with Crippen LogP contribution < -0.4 is 0 Å². The summed E-state index contributed by atoms with van der Waals surface area (Å²) in [6, 6.07) is 8.95. The topological polar surface area (TPSA) is 69.7 Å². The minimum atomic E-state index is -3.79. The maximum Gasteiger partial charge on any atom is 0.333 e. The van der Waals surface area contributed by atoms with Crippen molar-refractivity contribution in [2.45, 2.75) is 6.92 Å². The second-order valence-electron chi connectivity index (χ2n) is 3.94. The molecule has 1 aromatic rings. The number of carbonyl (C=O) groups is 1. The molecule has 1 rings (SSSR count). The molecule has 0 amide bonds.